The quantitative estimate of drug-likeness (QED) is 0.564. The van der Waals surface area contributed by atoms with Crippen molar-refractivity contribution in [3.05, 3.63) is 0 Å². The van der Waals surface area contributed by atoms with Gasteiger partial charge < -0.3 is 0 Å². The first-order chi connectivity index (χ1) is 5.21. The smallest absolute Gasteiger partial charge is 0.284 e. The molecule has 0 saturated heterocycles. The van der Waals surface area contributed by atoms with E-state index in [1.807, 2.05) is 13.8 Å². The molecule has 3 nitrogen and oxygen atoms in total. The zero-order valence-electron chi connectivity index (χ0n) is 6.56. The number of rotatable bonds is 2. The molecular formula is C4H10F4NO2P. The minimum atomic E-state index is -4.98. The van der Waals surface area contributed by atoms with Crippen molar-refractivity contribution in [3.63, 3.8) is 0 Å². The van der Waals surface area contributed by atoms with E-state index < -0.39 is 20.6 Å². The first kappa shape index (κ1) is 14.4. The van der Waals surface area contributed by atoms with Gasteiger partial charge in [-0.25, -0.2) is 10.1 Å². The van der Waals surface area contributed by atoms with E-state index in [0.717, 1.165) is 0 Å². The Hall–Kier alpha value is -0.130. The van der Waals surface area contributed by atoms with E-state index in [1.165, 1.54) is 0 Å². The second-order valence-corrected chi connectivity index (χ2v) is 2.71. The monoisotopic (exact) mass is 211 g/mol. The average molecular weight is 211 g/mol. The molecule has 0 heterocycles. The fourth-order valence-electron chi connectivity index (χ4n) is 0.161. The molecular weight excluding hydrogens is 201 g/mol. The standard InChI is InChI=1S/C2H4F4NO2P.C2H6/c3-2(4,5)1-9-10(6,7)8;1-2/h1H2,(H2,7,8);1-2H3. The third-order valence-corrected chi connectivity index (χ3v) is 0.885. The van der Waals surface area contributed by atoms with Gasteiger partial charge in [0, 0.05) is 0 Å². The van der Waals surface area contributed by atoms with Crippen molar-refractivity contribution in [2.45, 2.75) is 20.0 Å². The molecule has 0 rings (SSSR count). The molecule has 1 unspecified atom stereocenters. The molecule has 2 N–H and O–H groups in total. The Morgan fingerprint density at radius 3 is 1.83 bits per heavy atom. The number of hydrogen-bond acceptors (Lipinski definition) is 2. The van der Waals surface area contributed by atoms with E-state index in [0.29, 0.717) is 0 Å². The molecule has 0 fully saturated rings. The molecule has 8 heteroatoms. The van der Waals surface area contributed by atoms with Crippen LogP contribution in [0, 0.1) is 0 Å². The van der Waals surface area contributed by atoms with Gasteiger partial charge in [0.05, 0.1) is 0 Å². The van der Waals surface area contributed by atoms with Gasteiger partial charge in [0.1, 0.15) is 0 Å². The maximum absolute atomic E-state index is 11.5. The second kappa shape index (κ2) is 5.50. The largest absolute Gasteiger partial charge is 0.440 e. The van der Waals surface area contributed by atoms with Gasteiger partial charge >= 0.3 is 14.0 Å². The summed E-state index contributed by atoms with van der Waals surface area (Å²) in [5.41, 5.74) is 4.01. The lowest BCUT2D eigenvalue weighted by Gasteiger charge is -2.06. The minimum absolute atomic E-state index is 1.93. The summed E-state index contributed by atoms with van der Waals surface area (Å²) in [4.78, 5) is 0. The fourth-order valence-corrected chi connectivity index (χ4v) is 0.484. The van der Waals surface area contributed by atoms with Crippen LogP contribution in [0.1, 0.15) is 13.8 Å². The van der Waals surface area contributed by atoms with Gasteiger partial charge in [0.25, 0.3) is 0 Å². The molecule has 12 heavy (non-hydrogen) atoms. The van der Waals surface area contributed by atoms with Crippen molar-refractivity contribution in [1.82, 2.24) is 0 Å². The van der Waals surface area contributed by atoms with Crippen molar-refractivity contribution in [2.24, 2.45) is 5.50 Å². The highest BCUT2D eigenvalue weighted by molar-refractivity contribution is 7.50. The van der Waals surface area contributed by atoms with E-state index in [9.17, 15) is 21.9 Å². The summed E-state index contributed by atoms with van der Waals surface area (Å²) in [6.45, 7) is 2.07. The van der Waals surface area contributed by atoms with Crippen LogP contribution >= 0.6 is 7.83 Å². The first-order valence-corrected chi connectivity index (χ1v) is 4.59. The summed E-state index contributed by atoms with van der Waals surface area (Å²) in [6.07, 6.45) is -4.71. The first-order valence-electron chi connectivity index (χ1n) is 3.00. The highest BCUT2D eigenvalue weighted by Crippen LogP contribution is 2.40. The third-order valence-electron chi connectivity index (χ3n) is 0.404. The van der Waals surface area contributed by atoms with E-state index >= 15 is 0 Å². The Morgan fingerprint density at radius 1 is 1.42 bits per heavy atom. The molecule has 1 atom stereocenters. The highest BCUT2D eigenvalue weighted by atomic mass is 31.2. The fraction of sp³-hybridized carbons (Fsp3) is 1.00. The van der Waals surface area contributed by atoms with Crippen molar-refractivity contribution < 1.29 is 26.5 Å². The summed E-state index contributed by atoms with van der Waals surface area (Å²) >= 11 is 0. The van der Waals surface area contributed by atoms with Gasteiger partial charge in [-0.1, -0.05) is 13.8 Å². The molecule has 0 radical (unpaired) electrons. The van der Waals surface area contributed by atoms with Crippen LogP contribution < -0.4 is 5.50 Å². The Morgan fingerprint density at radius 2 is 1.75 bits per heavy atom. The maximum atomic E-state index is 11.5. The van der Waals surface area contributed by atoms with Gasteiger partial charge in [-0.2, -0.15) is 13.2 Å². The predicted octanol–water partition coefficient (Wildman–Crippen LogP) is 2.63. The van der Waals surface area contributed by atoms with Crippen LogP contribution in [0.3, 0.4) is 0 Å². The summed E-state index contributed by atoms with van der Waals surface area (Å²) in [6, 6.07) is 0. The van der Waals surface area contributed by atoms with Gasteiger partial charge in [-0.05, 0) is 0 Å². The van der Waals surface area contributed by atoms with Crippen molar-refractivity contribution in [3.8, 4) is 0 Å². The van der Waals surface area contributed by atoms with E-state index in [1.54, 1.807) is 0 Å². The Labute approximate surface area is 67.5 Å². The van der Waals surface area contributed by atoms with Crippen LogP contribution in [0.25, 0.3) is 0 Å². The second-order valence-electron chi connectivity index (χ2n) is 1.41. The average Bonchev–Trinajstić information content (AvgIpc) is 1.86. The van der Waals surface area contributed by atoms with E-state index in [-0.39, 0.29) is 0 Å². The van der Waals surface area contributed by atoms with Gasteiger partial charge in [0.15, 0.2) is 6.61 Å². The summed E-state index contributed by atoms with van der Waals surface area (Å²) in [5.74, 6) is 0. The molecule has 0 aliphatic rings. The molecule has 0 aromatic carbocycles. The molecule has 0 aromatic heterocycles. The Balaban J connectivity index is 0. The molecule has 0 aliphatic carbocycles. The lowest BCUT2D eigenvalue weighted by atomic mass is 10.7. The van der Waals surface area contributed by atoms with E-state index in [4.69, 9.17) is 0 Å². The molecule has 0 saturated carbocycles. The Bertz CT molecular complexity index is 154. The molecule has 0 bridgehead atoms. The Kier molecular flexibility index (Phi) is 6.60. The molecule has 76 valence electrons. The molecule has 0 aliphatic heterocycles. The van der Waals surface area contributed by atoms with Crippen molar-refractivity contribution in [2.75, 3.05) is 6.61 Å². The van der Waals surface area contributed by atoms with Crippen LogP contribution in [-0.2, 0) is 9.09 Å². The zero-order chi connectivity index (χ0) is 10.4. The maximum Gasteiger partial charge on any atom is 0.440 e. The zero-order valence-corrected chi connectivity index (χ0v) is 7.45. The number of alkyl halides is 3. The third kappa shape index (κ3) is 16.5. The molecule has 0 aromatic rings. The topological polar surface area (TPSA) is 52.3 Å². The van der Waals surface area contributed by atoms with Crippen LogP contribution in [-0.4, -0.2) is 12.8 Å². The lowest BCUT2D eigenvalue weighted by molar-refractivity contribution is -0.154. The van der Waals surface area contributed by atoms with Crippen molar-refractivity contribution >= 4 is 7.83 Å². The van der Waals surface area contributed by atoms with E-state index in [2.05, 4.69) is 10.0 Å². The van der Waals surface area contributed by atoms with Crippen LogP contribution in [0.5, 0.6) is 0 Å². The normalized spacial score (nSPS) is 15.9. The van der Waals surface area contributed by atoms with Gasteiger partial charge in [-0.15, -0.1) is 4.20 Å². The van der Waals surface area contributed by atoms with Gasteiger partial charge in [0.2, 0.25) is 0 Å². The lowest BCUT2D eigenvalue weighted by Crippen LogP contribution is -2.16. The highest BCUT2D eigenvalue weighted by Gasteiger charge is 2.31. The van der Waals surface area contributed by atoms with Crippen molar-refractivity contribution in [1.29, 1.82) is 0 Å². The van der Waals surface area contributed by atoms with Gasteiger partial charge in [-0.3, -0.25) is 4.52 Å². The summed E-state index contributed by atoms with van der Waals surface area (Å²) < 4.78 is 57.7. The van der Waals surface area contributed by atoms with Crippen LogP contribution in [0.15, 0.2) is 0 Å². The SMILES string of the molecule is CC.NP(=O)(F)OCC(F)(F)F. The van der Waals surface area contributed by atoms with Crippen LogP contribution in [0.4, 0.5) is 17.4 Å². The number of halogens is 4. The molecule has 0 amide bonds. The predicted molar refractivity (Wildman–Crippen MR) is 36.3 cm³/mol. The summed E-state index contributed by atoms with van der Waals surface area (Å²) in [5, 5.41) is 0. The number of nitrogens with two attached hydrogens (primary N) is 1. The van der Waals surface area contributed by atoms with Crippen LogP contribution in [0.2, 0.25) is 0 Å². The number of hydrogen-bond donors (Lipinski definition) is 1. The summed E-state index contributed by atoms with van der Waals surface area (Å²) in [7, 11) is -4.98. The minimum Gasteiger partial charge on any atom is -0.284 e. The molecule has 0 spiro atoms.